The van der Waals surface area contributed by atoms with E-state index in [2.05, 4.69) is 46.5 Å². The molecule has 2 N–H and O–H groups in total. The molecule has 1 aromatic carbocycles. The van der Waals surface area contributed by atoms with E-state index in [1.807, 2.05) is 19.2 Å². The Bertz CT molecular complexity index is 501. The fraction of sp³-hybridized carbons (Fsp3) is 0.632. The number of guanidine groups is 1. The molecule has 0 bridgehead atoms. The topological polar surface area (TPSA) is 48.9 Å². The Kier molecular flexibility index (Phi) is 7.89. The second kappa shape index (κ2) is 10.2. The molecule has 0 radical (unpaired) electrons. The van der Waals surface area contributed by atoms with Gasteiger partial charge in [-0.15, -0.1) is 0 Å². The Morgan fingerprint density at radius 2 is 2.08 bits per heavy atom. The van der Waals surface area contributed by atoms with Gasteiger partial charge in [0.15, 0.2) is 5.96 Å². The Morgan fingerprint density at radius 3 is 2.79 bits per heavy atom. The van der Waals surface area contributed by atoms with Gasteiger partial charge in [-0.05, 0) is 50.9 Å². The number of hydrogen-bond acceptors (Lipinski definition) is 3. The van der Waals surface area contributed by atoms with E-state index in [1.54, 1.807) is 0 Å². The fourth-order valence-corrected chi connectivity index (χ4v) is 3.04. The van der Waals surface area contributed by atoms with Gasteiger partial charge in [0.25, 0.3) is 0 Å². The first kappa shape index (κ1) is 18.6. The van der Waals surface area contributed by atoms with Crippen LogP contribution >= 0.6 is 0 Å². The number of nitrogens with zero attached hydrogens (tertiary/aromatic N) is 2. The van der Waals surface area contributed by atoms with Crippen LogP contribution in [0.5, 0.6) is 5.75 Å². The van der Waals surface area contributed by atoms with Crippen molar-refractivity contribution in [1.82, 2.24) is 15.5 Å². The van der Waals surface area contributed by atoms with Crippen molar-refractivity contribution in [2.24, 2.45) is 10.9 Å². The molecule has 5 nitrogen and oxygen atoms in total. The van der Waals surface area contributed by atoms with Gasteiger partial charge in [0.05, 0.1) is 6.54 Å². The molecule has 1 saturated heterocycles. The van der Waals surface area contributed by atoms with Gasteiger partial charge in [0, 0.05) is 20.1 Å². The zero-order valence-corrected chi connectivity index (χ0v) is 15.3. The maximum absolute atomic E-state index is 5.73. The lowest BCUT2D eigenvalue weighted by molar-refractivity contribution is 0.183. The molecule has 0 amide bonds. The van der Waals surface area contributed by atoms with E-state index in [0.717, 1.165) is 31.3 Å². The number of ether oxygens (including phenoxy) is 1. The molecular weight excluding hydrogens is 300 g/mol. The van der Waals surface area contributed by atoms with E-state index in [4.69, 9.17) is 4.74 Å². The smallest absolute Gasteiger partial charge is 0.191 e. The largest absolute Gasteiger partial charge is 0.492 e. The first-order valence-electron chi connectivity index (χ1n) is 9.07. The molecule has 0 spiro atoms. The summed E-state index contributed by atoms with van der Waals surface area (Å²) in [6.07, 6.45) is 2.60. The lowest BCUT2D eigenvalue weighted by Gasteiger charge is -2.32. The molecule has 24 heavy (non-hydrogen) atoms. The lowest BCUT2D eigenvalue weighted by Crippen LogP contribution is -2.45. The van der Waals surface area contributed by atoms with Crippen LogP contribution in [0.1, 0.15) is 25.3 Å². The summed E-state index contributed by atoms with van der Waals surface area (Å²) in [5, 5.41) is 6.76. The van der Waals surface area contributed by atoms with Crippen molar-refractivity contribution in [2.45, 2.75) is 26.7 Å². The van der Waals surface area contributed by atoms with Gasteiger partial charge in [-0.25, -0.2) is 0 Å². The Balaban J connectivity index is 1.62. The average Bonchev–Trinajstić information content (AvgIpc) is 2.63. The van der Waals surface area contributed by atoms with Gasteiger partial charge >= 0.3 is 0 Å². The minimum atomic E-state index is 0.622. The minimum absolute atomic E-state index is 0.622. The number of hydrogen-bond donors (Lipinski definition) is 2. The van der Waals surface area contributed by atoms with Gasteiger partial charge < -0.3 is 20.3 Å². The van der Waals surface area contributed by atoms with E-state index in [1.165, 1.54) is 31.5 Å². The van der Waals surface area contributed by atoms with Crippen LogP contribution in [0.4, 0.5) is 0 Å². The number of aliphatic imine (C=N–C) groups is 1. The van der Waals surface area contributed by atoms with Crippen LogP contribution in [0.2, 0.25) is 0 Å². The summed E-state index contributed by atoms with van der Waals surface area (Å²) in [4.78, 5) is 6.82. The number of benzene rings is 1. The predicted octanol–water partition coefficient (Wildman–Crippen LogP) is 2.27. The highest BCUT2D eigenvalue weighted by Gasteiger charge is 2.18. The van der Waals surface area contributed by atoms with Crippen LogP contribution in [-0.4, -0.2) is 57.2 Å². The summed E-state index contributed by atoms with van der Waals surface area (Å²) < 4.78 is 5.73. The fourth-order valence-electron chi connectivity index (χ4n) is 3.04. The molecule has 0 aliphatic carbocycles. The van der Waals surface area contributed by atoms with Crippen molar-refractivity contribution < 1.29 is 4.74 Å². The number of likely N-dealkylation sites (tertiary alicyclic amines) is 1. The summed E-state index contributed by atoms with van der Waals surface area (Å²) in [6, 6.07) is 8.13. The van der Waals surface area contributed by atoms with E-state index in [0.29, 0.717) is 12.5 Å². The molecule has 1 aliphatic heterocycles. The van der Waals surface area contributed by atoms with Crippen LogP contribution in [0, 0.1) is 12.8 Å². The highest BCUT2D eigenvalue weighted by Crippen LogP contribution is 2.15. The maximum Gasteiger partial charge on any atom is 0.191 e. The first-order chi connectivity index (χ1) is 11.7. The van der Waals surface area contributed by atoms with Crippen LogP contribution in [0.3, 0.4) is 0 Å². The maximum atomic E-state index is 5.73. The number of rotatable bonds is 7. The van der Waals surface area contributed by atoms with Gasteiger partial charge in [-0.2, -0.15) is 0 Å². The average molecular weight is 332 g/mol. The van der Waals surface area contributed by atoms with E-state index >= 15 is 0 Å². The molecule has 5 heteroatoms. The third-order valence-electron chi connectivity index (χ3n) is 4.52. The Labute approximate surface area is 146 Å². The SMILES string of the molecule is CCN1CCCC(CNC(=NC)NCCOc2ccc(C)cc2)C1. The molecule has 1 aromatic rings. The van der Waals surface area contributed by atoms with Gasteiger partial charge in [0.2, 0.25) is 0 Å². The van der Waals surface area contributed by atoms with Crippen molar-refractivity contribution in [2.75, 3.05) is 46.4 Å². The third-order valence-corrected chi connectivity index (χ3v) is 4.52. The van der Waals surface area contributed by atoms with Crippen LogP contribution in [0.15, 0.2) is 29.3 Å². The molecule has 1 fully saturated rings. The zero-order valence-electron chi connectivity index (χ0n) is 15.3. The van der Waals surface area contributed by atoms with Crippen molar-refractivity contribution >= 4 is 5.96 Å². The molecule has 134 valence electrons. The monoisotopic (exact) mass is 332 g/mol. The van der Waals surface area contributed by atoms with Crippen molar-refractivity contribution in [3.63, 3.8) is 0 Å². The van der Waals surface area contributed by atoms with Gasteiger partial charge in [-0.3, -0.25) is 4.99 Å². The van der Waals surface area contributed by atoms with Crippen LogP contribution < -0.4 is 15.4 Å². The highest BCUT2D eigenvalue weighted by atomic mass is 16.5. The van der Waals surface area contributed by atoms with Gasteiger partial charge in [-0.1, -0.05) is 24.6 Å². The summed E-state index contributed by atoms with van der Waals surface area (Å²) in [5.41, 5.74) is 1.24. The third kappa shape index (κ3) is 6.40. The van der Waals surface area contributed by atoms with Crippen molar-refractivity contribution in [3.8, 4) is 5.75 Å². The van der Waals surface area contributed by atoms with Crippen LogP contribution in [-0.2, 0) is 0 Å². The highest BCUT2D eigenvalue weighted by molar-refractivity contribution is 5.79. The molecule has 1 atom stereocenters. The van der Waals surface area contributed by atoms with Crippen molar-refractivity contribution in [1.29, 1.82) is 0 Å². The van der Waals surface area contributed by atoms with Crippen molar-refractivity contribution in [3.05, 3.63) is 29.8 Å². The zero-order chi connectivity index (χ0) is 17.2. The Hall–Kier alpha value is -1.75. The number of aryl methyl sites for hydroxylation is 1. The van der Waals surface area contributed by atoms with E-state index in [-0.39, 0.29) is 0 Å². The molecule has 0 saturated carbocycles. The summed E-state index contributed by atoms with van der Waals surface area (Å²) in [5.74, 6) is 2.48. The molecule has 1 aliphatic rings. The lowest BCUT2D eigenvalue weighted by atomic mass is 9.98. The summed E-state index contributed by atoms with van der Waals surface area (Å²) in [6.45, 7) is 10.2. The molecule has 0 aromatic heterocycles. The normalized spacial score (nSPS) is 19.1. The second-order valence-electron chi connectivity index (χ2n) is 6.44. The molecule has 1 unspecified atom stereocenters. The van der Waals surface area contributed by atoms with E-state index in [9.17, 15) is 0 Å². The predicted molar refractivity (Wildman–Crippen MR) is 101 cm³/mol. The molecular formula is C19H32N4O. The van der Waals surface area contributed by atoms with Crippen LogP contribution in [0.25, 0.3) is 0 Å². The van der Waals surface area contributed by atoms with Gasteiger partial charge in [0.1, 0.15) is 12.4 Å². The quantitative estimate of drug-likeness (QED) is 0.457. The standard InChI is InChI=1S/C19H32N4O/c1-4-23-12-5-6-17(15-23)14-22-19(20-3)21-11-13-24-18-9-7-16(2)8-10-18/h7-10,17H,4-6,11-15H2,1-3H3,(H2,20,21,22). The van der Waals surface area contributed by atoms with E-state index < -0.39 is 0 Å². The number of piperidine rings is 1. The number of nitrogens with one attached hydrogen (secondary N) is 2. The first-order valence-corrected chi connectivity index (χ1v) is 9.07. The second-order valence-corrected chi connectivity index (χ2v) is 6.44. The summed E-state index contributed by atoms with van der Waals surface area (Å²) in [7, 11) is 1.81. The Morgan fingerprint density at radius 1 is 1.29 bits per heavy atom. The minimum Gasteiger partial charge on any atom is -0.492 e. The molecule has 2 rings (SSSR count). The molecule has 1 heterocycles. The summed E-state index contributed by atoms with van der Waals surface area (Å²) >= 11 is 0.